The first-order chi connectivity index (χ1) is 7.72. The Morgan fingerprint density at radius 1 is 1.62 bits per heavy atom. The summed E-state index contributed by atoms with van der Waals surface area (Å²) in [5.41, 5.74) is 0. The minimum Gasteiger partial charge on any atom is -0.396 e. The topological polar surface area (TPSA) is 32.3 Å². The van der Waals surface area contributed by atoms with Crippen LogP contribution in [-0.4, -0.2) is 17.8 Å². The highest BCUT2D eigenvalue weighted by Crippen LogP contribution is 2.36. The van der Waals surface area contributed by atoms with Crippen LogP contribution in [0.1, 0.15) is 37.1 Å². The number of rotatable bonds is 6. The predicted molar refractivity (Wildman–Crippen MR) is 71.8 cm³/mol. The first-order valence-electron chi connectivity index (χ1n) is 5.82. The van der Waals surface area contributed by atoms with E-state index in [0.717, 1.165) is 12.3 Å². The smallest absolute Gasteiger partial charge is 0.0445 e. The normalized spacial score (nSPS) is 19.7. The molecule has 1 aromatic rings. The molecule has 2 nitrogen and oxygen atoms in total. The van der Waals surface area contributed by atoms with Gasteiger partial charge in [0.15, 0.2) is 0 Å². The maximum atomic E-state index is 9.06. The summed E-state index contributed by atoms with van der Waals surface area (Å²) in [6, 6.07) is 2.94. The van der Waals surface area contributed by atoms with E-state index in [1.54, 1.807) is 11.3 Å². The van der Waals surface area contributed by atoms with Crippen LogP contribution in [0.5, 0.6) is 0 Å². The highest BCUT2D eigenvalue weighted by atomic mass is 79.9. The van der Waals surface area contributed by atoms with E-state index in [-0.39, 0.29) is 6.61 Å². The average molecular weight is 304 g/mol. The molecular formula is C12H18BrNOS. The molecule has 1 aromatic heterocycles. The second kappa shape index (κ2) is 5.63. The molecule has 90 valence electrons. The van der Waals surface area contributed by atoms with Crippen molar-refractivity contribution in [1.29, 1.82) is 0 Å². The largest absolute Gasteiger partial charge is 0.396 e. The van der Waals surface area contributed by atoms with Gasteiger partial charge in [0.2, 0.25) is 0 Å². The molecule has 16 heavy (non-hydrogen) atoms. The molecule has 1 heterocycles. The standard InChI is InChI=1S/C12H18BrNOS/c1-8(12-10(13)5-7-16-12)14-11(4-6-15)9-2-3-9/h5,7-9,11,14-15H,2-4,6H2,1H3. The van der Waals surface area contributed by atoms with Crippen LogP contribution < -0.4 is 5.32 Å². The van der Waals surface area contributed by atoms with E-state index in [1.165, 1.54) is 22.2 Å². The van der Waals surface area contributed by atoms with E-state index in [0.29, 0.717) is 12.1 Å². The summed E-state index contributed by atoms with van der Waals surface area (Å²) in [6.07, 6.45) is 3.50. The molecule has 0 spiro atoms. The Morgan fingerprint density at radius 3 is 2.88 bits per heavy atom. The average Bonchev–Trinajstić information content (AvgIpc) is 3.00. The van der Waals surface area contributed by atoms with Crippen LogP contribution in [0.25, 0.3) is 0 Å². The molecule has 1 aliphatic rings. The highest BCUT2D eigenvalue weighted by Gasteiger charge is 2.31. The van der Waals surface area contributed by atoms with Crippen molar-refractivity contribution in [3.63, 3.8) is 0 Å². The summed E-state index contributed by atoms with van der Waals surface area (Å²) in [4.78, 5) is 1.35. The van der Waals surface area contributed by atoms with Crippen molar-refractivity contribution in [3.05, 3.63) is 20.8 Å². The van der Waals surface area contributed by atoms with Crippen molar-refractivity contribution in [1.82, 2.24) is 5.32 Å². The van der Waals surface area contributed by atoms with Gasteiger partial charge in [-0.15, -0.1) is 11.3 Å². The zero-order valence-electron chi connectivity index (χ0n) is 9.45. The van der Waals surface area contributed by atoms with Gasteiger partial charge in [-0.3, -0.25) is 0 Å². The number of aliphatic hydroxyl groups is 1. The summed E-state index contributed by atoms with van der Waals surface area (Å²) in [5.74, 6) is 0.785. The first kappa shape index (κ1) is 12.6. The van der Waals surface area contributed by atoms with Gasteiger partial charge in [0.05, 0.1) is 0 Å². The SMILES string of the molecule is CC(NC(CCO)C1CC1)c1sccc1Br. The molecule has 2 atom stereocenters. The molecule has 0 amide bonds. The Morgan fingerprint density at radius 2 is 2.38 bits per heavy atom. The number of hydrogen-bond acceptors (Lipinski definition) is 3. The van der Waals surface area contributed by atoms with Gasteiger partial charge >= 0.3 is 0 Å². The van der Waals surface area contributed by atoms with Gasteiger partial charge in [0.1, 0.15) is 0 Å². The molecular weight excluding hydrogens is 286 g/mol. The molecule has 1 fully saturated rings. The van der Waals surface area contributed by atoms with Crippen LogP contribution in [0.3, 0.4) is 0 Å². The fourth-order valence-corrected chi connectivity index (χ4v) is 3.84. The molecule has 0 aliphatic heterocycles. The molecule has 2 rings (SSSR count). The van der Waals surface area contributed by atoms with Gasteiger partial charge in [-0.25, -0.2) is 0 Å². The van der Waals surface area contributed by atoms with Gasteiger partial charge < -0.3 is 10.4 Å². The van der Waals surface area contributed by atoms with Crippen molar-refractivity contribution >= 4 is 27.3 Å². The quantitative estimate of drug-likeness (QED) is 0.845. The van der Waals surface area contributed by atoms with Crippen LogP contribution in [0.2, 0.25) is 0 Å². The molecule has 4 heteroatoms. The predicted octanol–water partition coefficient (Wildman–Crippen LogP) is 3.32. The lowest BCUT2D eigenvalue weighted by atomic mass is 10.1. The van der Waals surface area contributed by atoms with E-state index in [4.69, 9.17) is 5.11 Å². The van der Waals surface area contributed by atoms with Crippen LogP contribution in [0.4, 0.5) is 0 Å². The second-order valence-corrected chi connectivity index (χ2v) is 6.28. The van der Waals surface area contributed by atoms with Crippen LogP contribution >= 0.6 is 27.3 Å². The van der Waals surface area contributed by atoms with Crippen molar-refractivity contribution in [2.75, 3.05) is 6.61 Å². The second-order valence-electron chi connectivity index (χ2n) is 4.48. The zero-order chi connectivity index (χ0) is 11.5. The molecule has 1 aliphatic carbocycles. The Balaban J connectivity index is 1.94. The Kier molecular flexibility index (Phi) is 4.41. The van der Waals surface area contributed by atoms with E-state index < -0.39 is 0 Å². The van der Waals surface area contributed by atoms with E-state index in [1.807, 2.05) is 0 Å². The lowest BCUT2D eigenvalue weighted by Crippen LogP contribution is -2.34. The van der Waals surface area contributed by atoms with E-state index in [9.17, 15) is 0 Å². The molecule has 0 aromatic carbocycles. The molecule has 0 saturated heterocycles. The zero-order valence-corrected chi connectivity index (χ0v) is 11.9. The summed E-state index contributed by atoms with van der Waals surface area (Å²) >= 11 is 5.35. The molecule has 2 N–H and O–H groups in total. The minimum absolute atomic E-state index is 0.284. The number of hydrogen-bond donors (Lipinski definition) is 2. The van der Waals surface area contributed by atoms with Crippen molar-refractivity contribution in [3.8, 4) is 0 Å². The van der Waals surface area contributed by atoms with Gasteiger partial charge in [-0.2, -0.15) is 0 Å². The first-order valence-corrected chi connectivity index (χ1v) is 7.49. The highest BCUT2D eigenvalue weighted by molar-refractivity contribution is 9.10. The maximum Gasteiger partial charge on any atom is 0.0445 e. The number of nitrogens with one attached hydrogen (secondary N) is 1. The number of thiophene rings is 1. The van der Waals surface area contributed by atoms with E-state index >= 15 is 0 Å². The van der Waals surface area contributed by atoms with Crippen LogP contribution in [0.15, 0.2) is 15.9 Å². The molecule has 2 unspecified atom stereocenters. The van der Waals surface area contributed by atoms with E-state index in [2.05, 4.69) is 39.6 Å². The summed E-state index contributed by atoms with van der Waals surface area (Å²) in [5, 5.41) is 14.8. The van der Waals surface area contributed by atoms with Gasteiger partial charge in [-0.1, -0.05) is 0 Å². The third-order valence-corrected chi connectivity index (χ3v) is 5.19. The Labute approximate surface area is 109 Å². The molecule has 1 saturated carbocycles. The van der Waals surface area contributed by atoms with Crippen LogP contribution in [-0.2, 0) is 0 Å². The van der Waals surface area contributed by atoms with Crippen molar-refractivity contribution in [2.24, 2.45) is 5.92 Å². The number of aliphatic hydroxyl groups excluding tert-OH is 1. The van der Waals surface area contributed by atoms with Gasteiger partial charge in [0, 0.05) is 28.0 Å². The van der Waals surface area contributed by atoms with Crippen LogP contribution in [0, 0.1) is 5.92 Å². The van der Waals surface area contributed by atoms with Crippen molar-refractivity contribution < 1.29 is 5.11 Å². The van der Waals surface area contributed by atoms with Gasteiger partial charge in [-0.05, 0) is 59.5 Å². The summed E-state index contributed by atoms with van der Waals surface area (Å²) in [7, 11) is 0. The summed E-state index contributed by atoms with van der Waals surface area (Å²) in [6.45, 7) is 2.48. The van der Waals surface area contributed by atoms with Crippen molar-refractivity contribution in [2.45, 2.75) is 38.3 Å². The number of halogens is 1. The molecule has 0 radical (unpaired) electrons. The fraction of sp³-hybridized carbons (Fsp3) is 0.667. The third kappa shape index (κ3) is 3.06. The minimum atomic E-state index is 0.284. The monoisotopic (exact) mass is 303 g/mol. The maximum absolute atomic E-state index is 9.06. The lowest BCUT2D eigenvalue weighted by Gasteiger charge is -2.22. The summed E-state index contributed by atoms with van der Waals surface area (Å²) < 4.78 is 1.19. The lowest BCUT2D eigenvalue weighted by molar-refractivity contribution is 0.250. The third-order valence-electron chi connectivity index (χ3n) is 3.13. The van der Waals surface area contributed by atoms with Gasteiger partial charge in [0.25, 0.3) is 0 Å². The Bertz CT molecular complexity index is 338. The molecule has 0 bridgehead atoms. The fourth-order valence-electron chi connectivity index (χ4n) is 2.10. The Hall–Kier alpha value is 0.100.